The molecule has 34 heavy (non-hydrogen) atoms. The normalized spacial score (nSPS) is 15.9. The van der Waals surface area contributed by atoms with Crippen molar-refractivity contribution in [3.05, 3.63) is 42.0 Å². The van der Waals surface area contributed by atoms with E-state index in [0.29, 0.717) is 48.3 Å². The quantitative estimate of drug-likeness (QED) is 0.322. The predicted octanol–water partition coefficient (Wildman–Crippen LogP) is 3.91. The van der Waals surface area contributed by atoms with Crippen molar-refractivity contribution in [3.63, 3.8) is 0 Å². The Bertz CT molecular complexity index is 1150. The number of nitrogens with zero attached hydrogens (tertiary/aromatic N) is 2. The number of carbonyl (C=O) groups excluding carboxylic acids is 2. The Morgan fingerprint density at radius 1 is 1.18 bits per heavy atom. The lowest BCUT2D eigenvalue weighted by Gasteiger charge is -2.33. The molecule has 1 atom stereocenters. The summed E-state index contributed by atoms with van der Waals surface area (Å²) in [7, 11) is 3.02. The highest BCUT2D eigenvalue weighted by Gasteiger charge is 2.27. The maximum absolute atomic E-state index is 12.8. The number of aromatic nitrogens is 1. The first kappa shape index (κ1) is 24.3. The van der Waals surface area contributed by atoms with Gasteiger partial charge in [-0.3, -0.25) is 9.59 Å². The van der Waals surface area contributed by atoms with Gasteiger partial charge in [0.2, 0.25) is 11.7 Å². The Balaban J connectivity index is 1.36. The summed E-state index contributed by atoms with van der Waals surface area (Å²) in [6.45, 7) is 2.98. The monoisotopic (exact) mass is 502 g/mol. The third-order valence-electron chi connectivity index (χ3n) is 5.38. The number of thioether (sulfide) groups is 1. The molecule has 180 valence electrons. The molecule has 1 aromatic heterocycles. The van der Waals surface area contributed by atoms with Gasteiger partial charge in [-0.15, -0.1) is 11.3 Å². The second-order valence-corrected chi connectivity index (χ2v) is 9.87. The zero-order valence-electron chi connectivity index (χ0n) is 19.2. The molecule has 2 aromatic carbocycles. The molecule has 0 bridgehead atoms. The van der Waals surface area contributed by atoms with Crippen LogP contribution < -0.4 is 14.2 Å². The van der Waals surface area contributed by atoms with Crippen LogP contribution in [0.15, 0.2) is 40.7 Å². The van der Waals surface area contributed by atoms with Crippen LogP contribution in [-0.2, 0) is 9.53 Å². The average molecular weight is 503 g/mol. The summed E-state index contributed by atoms with van der Waals surface area (Å²) in [5.41, 5.74) is 1.34. The summed E-state index contributed by atoms with van der Waals surface area (Å²) < 4.78 is 24.6. The lowest BCUT2D eigenvalue weighted by atomic mass is 10.1. The second-order valence-electron chi connectivity index (χ2n) is 7.61. The van der Waals surface area contributed by atoms with Gasteiger partial charge in [-0.25, -0.2) is 4.98 Å². The van der Waals surface area contributed by atoms with E-state index in [2.05, 4.69) is 4.98 Å². The van der Waals surface area contributed by atoms with Gasteiger partial charge in [-0.05, 0) is 31.2 Å². The average Bonchev–Trinajstić information content (AvgIpc) is 3.28. The Kier molecular flexibility index (Phi) is 7.91. The molecule has 1 amide bonds. The molecule has 8 nitrogen and oxygen atoms in total. The SMILES string of the molecule is COc1ccc(C(C)=O)c(OCC2CN(C(=O)CSc3nc4ccccc4s3)CCO2)c1OC. The Hall–Kier alpha value is -2.82. The van der Waals surface area contributed by atoms with Crippen LogP contribution in [0.5, 0.6) is 17.2 Å². The van der Waals surface area contributed by atoms with E-state index in [9.17, 15) is 9.59 Å². The highest BCUT2D eigenvalue weighted by molar-refractivity contribution is 8.01. The van der Waals surface area contributed by atoms with E-state index in [1.54, 1.807) is 28.4 Å². The van der Waals surface area contributed by atoms with Crippen LogP contribution in [0.2, 0.25) is 0 Å². The molecular weight excluding hydrogens is 476 g/mol. The zero-order valence-corrected chi connectivity index (χ0v) is 20.9. The molecule has 1 fully saturated rings. The van der Waals surface area contributed by atoms with E-state index in [0.717, 1.165) is 14.6 Å². The van der Waals surface area contributed by atoms with Gasteiger partial charge in [0.1, 0.15) is 12.7 Å². The number of fused-ring (bicyclic) bond motifs is 1. The number of carbonyl (C=O) groups is 2. The number of morpholine rings is 1. The number of amides is 1. The summed E-state index contributed by atoms with van der Waals surface area (Å²) in [6, 6.07) is 11.3. The molecule has 2 heterocycles. The van der Waals surface area contributed by atoms with Gasteiger partial charge in [-0.1, -0.05) is 23.9 Å². The van der Waals surface area contributed by atoms with Crippen molar-refractivity contribution in [2.75, 3.05) is 46.3 Å². The molecular formula is C24H26N2O6S2. The van der Waals surface area contributed by atoms with Crippen LogP contribution in [0.1, 0.15) is 17.3 Å². The molecule has 0 radical (unpaired) electrons. The third-order valence-corrected chi connectivity index (χ3v) is 7.54. The second kappa shape index (κ2) is 11.1. The molecule has 0 aliphatic carbocycles. The first-order valence-corrected chi connectivity index (χ1v) is 12.6. The van der Waals surface area contributed by atoms with E-state index >= 15 is 0 Å². The minimum absolute atomic E-state index is 0.0287. The molecule has 1 unspecified atom stereocenters. The van der Waals surface area contributed by atoms with Gasteiger partial charge < -0.3 is 23.8 Å². The molecule has 4 rings (SSSR count). The van der Waals surface area contributed by atoms with E-state index < -0.39 is 0 Å². The van der Waals surface area contributed by atoms with Crippen molar-refractivity contribution < 1.29 is 28.5 Å². The molecule has 0 saturated carbocycles. The summed E-state index contributed by atoms with van der Waals surface area (Å²) in [5.74, 6) is 1.32. The fraction of sp³-hybridized carbons (Fsp3) is 0.375. The number of ether oxygens (including phenoxy) is 4. The number of methoxy groups -OCH3 is 2. The maximum Gasteiger partial charge on any atom is 0.233 e. The summed E-state index contributed by atoms with van der Waals surface area (Å²) in [5, 5.41) is 0. The molecule has 3 aromatic rings. The van der Waals surface area contributed by atoms with Gasteiger partial charge in [-0.2, -0.15) is 0 Å². The van der Waals surface area contributed by atoms with E-state index in [4.69, 9.17) is 18.9 Å². The van der Waals surface area contributed by atoms with Crippen molar-refractivity contribution in [1.29, 1.82) is 0 Å². The summed E-state index contributed by atoms with van der Waals surface area (Å²) in [4.78, 5) is 31.3. The highest BCUT2D eigenvalue weighted by Crippen LogP contribution is 2.40. The van der Waals surface area contributed by atoms with E-state index in [1.807, 2.05) is 24.3 Å². The molecule has 1 aliphatic heterocycles. The van der Waals surface area contributed by atoms with Crippen molar-refractivity contribution in [1.82, 2.24) is 9.88 Å². The molecule has 1 aliphatic rings. The van der Waals surface area contributed by atoms with Crippen LogP contribution in [0.4, 0.5) is 0 Å². The maximum atomic E-state index is 12.8. The molecule has 0 spiro atoms. The predicted molar refractivity (Wildman–Crippen MR) is 132 cm³/mol. The van der Waals surface area contributed by atoms with Gasteiger partial charge in [0.25, 0.3) is 0 Å². The van der Waals surface area contributed by atoms with Gasteiger partial charge >= 0.3 is 0 Å². The summed E-state index contributed by atoms with van der Waals surface area (Å²) in [6.07, 6.45) is -0.333. The summed E-state index contributed by atoms with van der Waals surface area (Å²) >= 11 is 3.04. The largest absolute Gasteiger partial charge is 0.493 e. The van der Waals surface area contributed by atoms with E-state index in [-0.39, 0.29) is 24.4 Å². The van der Waals surface area contributed by atoms with Gasteiger partial charge in [0, 0.05) is 6.54 Å². The number of hydrogen-bond acceptors (Lipinski definition) is 9. The van der Waals surface area contributed by atoms with Crippen molar-refractivity contribution in [3.8, 4) is 17.2 Å². The number of rotatable bonds is 9. The van der Waals surface area contributed by atoms with Gasteiger partial charge in [0.05, 0.1) is 48.9 Å². The highest BCUT2D eigenvalue weighted by atomic mass is 32.2. The van der Waals surface area contributed by atoms with Gasteiger partial charge in [0.15, 0.2) is 21.6 Å². The number of hydrogen-bond donors (Lipinski definition) is 0. The van der Waals surface area contributed by atoms with E-state index in [1.165, 1.54) is 32.9 Å². The molecule has 10 heteroatoms. The Labute approximate surface area is 206 Å². The van der Waals surface area contributed by atoms with Crippen LogP contribution >= 0.6 is 23.1 Å². The number of para-hydroxylation sites is 1. The number of ketones is 1. The zero-order chi connectivity index (χ0) is 24.1. The minimum atomic E-state index is -0.333. The van der Waals surface area contributed by atoms with Crippen molar-refractivity contribution in [2.45, 2.75) is 17.4 Å². The number of benzene rings is 2. The number of Topliss-reactive ketones (excluding diaryl/α,β-unsaturated/α-hetero) is 1. The van der Waals surface area contributed by atoms with Crippen LogP contribution in [-0.4, -0.2) is 74.0 Å². The smallest absolute Gasteiger partial charge is 0.233 e. The minimum Gasteiger partial charge on any atom is -0.493 e. The first-order valence-electron chi connectivity index (χ1n) is 10.8. The fourth-order valence-corrected chi connectivity index (χ4v) is 5.64. The topological polar surface area (TPSA) is 87.2 Å². The molecule has 1 saturated heterocycles. The third kappa shape index (κ3) is 5.45. The standard InChI is InChI=1S/C24H26N2O6S2/c1-15(27)17-8-9-19(29-2)23(30-3)22(17)32-13-16-12-26(10-11-31-16)21(28)14-33-24-25-18-6-4-5-7-20(18)34-24/h4-9,16H,10-14H2,1-3H3. The van der Waals surface area contributed by atoms with Crippen LogP contribution in [0.25, 0.3) is 10.2 Å². The fourth-order valence-electron chi connectivity index (χ4n) is 3.67. The lowest BCUT2D eigenvalue weighted by molar-refractivity contribution is -0.137. The Morgan fingerprint density at radius 3 is 2.74 bits per heavy atom. The Morgan fingerprint density at radius 2 is 2.00 bits per heavy atom. The van der Waals surface area contributed by atoms with Crippen LogP contribution in [0, 0.1) is 0 Å². The van der Waals surface area contributed by atoms with Crippen molar-refractivity contribution in [2.24, 2.45) is 0 Å². The first-order chi connectivity index (χ1) is 16.5. The van der Waals surface area contributed by atoms with Crippen molar-refractivity contribution >= 4 is 45.0 Å². The lowest BCUT2D eigenvalue weighted by Crippen LogP contribution is -2.48. The number of thiazole rings is 1. The molecule has 0 N–H and O–H groups in total. The van der Waals surface area contributed by atoms with Crippen LogP contribution in [0.3, 0.4) is 0 Å².